The number of phenols is 5. The van der Waals surface area contributed by atoms with Gasteiger partial charge in [-0.3, -0.25) is 0 Å². The molecule has 248 valence electrons. The monoisotopic (exact) mass is 666 g/mol. The summed E-state index contributed by atoms with van der Waals surface area (Å²) in [7, 11) is 0. The summed E-state index contributed by atoms with van der Waals surface area (Å²) < 4.78 is 0. The van der Waals surface area contributed by atoms with Crippen LogP contribution < -0.4 is 0 Å². The average molecular weight is 667 g/mol. The highest BCUT2D eigenvalue weighted by atomic mass is 16.4. The molecule has 0 amide bonds. The number of benzene rings is 8. The van der Waals surface area contributed by atoms with E-state index in [1.165, 1.54) is 11.1 Å². The van der Waals surface area contributed by atoms with Crippen molar-refractivity contribution in [3.05, 3.63) is 145 Å². The molecular formula is C46H34O5. The minimum Gasteiger partial charge on any atom is -0.504 e. The second-order valence-electron chi connectivity index (χ2n) is 12.8. The van der Waals surface area contributed by atoms with Crippen molar-refractivity contribution in [2.24, 2.45) is 0 Å². The van der Waals surface area contributed by atoms with Gasteiger partial charge in [0.05, 0.1) is 5.56 Å². The Morgan fingerprint density at radius 1 is 0.412 bits per heavy atom. The van der Waals surface area contributed by atoms with E-state index in [2.05, 4.69) is 97.9 Å². The van der Waals surface area contributed by atoms with Gasteiger partial charge in [0.1, 0.15) is 0 Å². The Balaban J connectivity index is 1.40. The number of aryl methyl sites for hydroxylation is 1. The van der Waals surface area contributed by atoms with E-state index in [1.807, 2.05) is 55.5 Å². The Hall–Kier alpha value is -6.72. The zero-order valence-corrected chi connectivity index (χ0v) is 28.0. The fourth-order valence-corrected chi connectivity index (χ4v) is 7.47. The third-order valence-electron chi connectivity index (χ3n) is 9.87. The Kier molecular flexibility index (Phi) is 7.61. The first-order valence-electron chi connectivity index (χ1n) is 16.8. The third-order valence-corrected chi connectivity index (χ3v) is 9.87. The first-order valence-corrected chi connectivity index (χ1v) is 16.8. The van der Waals surface area contributed by atoms with Gasteiger partial charge in [-0.15, -0.1) is 0 Å². The van der Waals surface area contributed by atoms with Crippen LogP contribution in [0.25, 0.3) is 82.9 Å². The van der Waals surface area contributed by atoms with E-state index in [4.69, 9.17) is 0 Å². The highest BCUT2D eigenvalue weighted by molar-refractivity contribution is 6.23. The van der Waals surface area contributed by atoms with E-state index in [0.29, 0.717) is 16.3 Å². The van der Waals surface area contributed by atoms with E-state index in [0.717, 1.165) is 54.9 Å². The quantitative estimate of drug-likeness (QED) is 0.0715. The van der Waals surface area contributed by atoms with Crippen LogP contribution in [-0.2, 0) is 0 Å². The number of hydrogen-bond acceptors (Lipinski definition) is 5. The van der Waals surface area contributed by atoms with E-state index >= 15 is 0 Å². The average Bonchev–Trinajstić information content (AvgIpc) is 3.16. The molecule has 5 nitrogen and oxygen atoms in total. The molecule has 0 fully saturated rings. The normalized spacial score (nSPS) is 11.6. The fourth-order valence-electron chi connectivity index (χ4n) is 7.47. The molecule has 5 N–H and O–H groups in total. The summed E-state index contributed by atoms with van der Waals surface area (Å²) in [4.78, 5) is 0. The Morgan fingerprint density at radius 3 is 1.55 bits per heavy atom. The lowest BCUT2D eigenvalue weighted by Gasteiger charge is -2.20. The van der Waals surface area contributed by atoms with Gasteiger partial charge in [0.2, 0.25) is 17.2 Å². The molecule has 0 spiro atoms. The standard InChI is InChI=1S/C46H34O5/c1-3-11-27-20-22-29(24-26(27)2)31-13-4-5-14-32(31)33-19-10-12-28-21-23-30(25-38(28)33)39-34-15-6-8-17-36(34)40(37-18-9-7-16-35(37)39)41-42(47)44(49)46(51)45(50)43(41)48/h3-25,47-51H,1-2H3/b11-3-. The molecule has 51 heavy (non-hydrogen) atoms. The number of fused-ring (bicyclic) bond motifs is 3. The zero-order chi connectivity index (χ0) is 35.4. The van der Waals surface area contributed by atoms with Gasteiger partial charge in [-0.05, 0) is 96.7 Å². The molecule has 8 aromatic rings. The molecule has 0 radical (unpaired) electrons. The van der Waals surface area contributed by atoms with Crippen molar-refractivity contribution in [2.75, 3.05) is 0 Å². The van der Waals surface area contributed by atoms with Gasteiger partial charge >= 0.3 is 0 Å². The van der Waals surface area contributed by atoms with Crippen LogP contribution in [0.2, 0.25) is 0 Å². The summed E-state index contributed by atoms with van der Waals surface area (Å²) >= 11 is 0. The lowest BCUT2D eigenvalue weighted by atomic mass is 9.84. The van der Waals surface area contributed by atoms with Crippen LogP contribution in [-0.4, -0.2) is 25.5 Å². The molecule has 0 heterocycles. The maximum Gasteiger partial charge on any atom is 0.208 e. The summed E-state index contributed by atoms with van der Waals surface area (Å²) in [6.45, 7) is 4.17. The first kappa shape index (κ1) is 31.5. The van der Waals surface area contributed by atoms with Crippen molar-refractivity contribution in [1.82, 2.24) is 0 Å². The molecule has 0 unspecified atom stereocenters. The molecule has 5 heteroatoms. The summed E-state index contributed by atoms with van der Waals surface area (Å²) in [6.07, 6.45) is 4.18. The van der Waals surface area contributed by atoms with Crippen LogP contribution in [0.5, 0.6) is 28.7 Å². The smallest absolute Gasteiger partial charge is 0.208 e. The lowest BCUT2D eigenvalue weighted by Crippen LogP contribution is -1.93. The second kappa shape index (κ2) is 12.3. The van der Waals surface area contributed by atoms with Crippen molar-refractivity contribution in [2.45, 2.75) is 13.8 Å². The van der Waals surface area contributed by atoms with Crippen LogP contribution in [0.1, 0.15) is 18.1 Å². The second-order valence-corrected chi connectivity index (χ2v) is 12.8. The molecule has 8 rings (SSSR count). The number of rotatable bonds is 5. The SMILES string of the molecule is C/C=C\c1ccc(-c2ccccc2-c2cccc3ccc(-c4c5ccccc5c(-c5c(O)c(O)c(O)c(O)c5O)c5ccccc45)cc23)cc1C. The molecule has 0 aromatic heterocycles. The van der Waals surface area contributed by atoms with Gasteiger partial charge in [-0.2, -0.15) is 0 Å². The maximum atomic E-state index is 11.1. The summed E-state index contributed by atoms with van der Waals surface area (Å²) in [5.74, 6) is -4.28. The van der Waals surface area contributed by atoms with E-state index in [-0.39, 0.29) is 5.56 Å². The van der Waals surface area contributed by atoms with Crippen LogP contribution >= 0.6 is 0 Å². The van der Waals surface area contributed by atoms with Gasteiger partial charge in [0.25, 0.3) is 0 Å². The molecule has 0 aliphatic carbocycles. The number of allylic oxidation sites excluding steroid dienone is 1. The van der Waals surface area contributed by atoms with E-state index in [9.17, 15) is 25.5 Å². The topological polar surface area (TPSA) is 101 Å². The predicted molar refractivity (Wildman–Crippen MR) is 208 cm³/mol. The Morgan fingerprint density at radius 2 is 0.941 bits per heavy atom. The summed E-state index contributed by atoms with van der Waals surface area (Å²) in [6, 6.07) is 43.3. The zero-order valence-electron chi connectivity index (χ0n) is 28.0. The number of phenolic OH excluding ortho intramolecular Hbond substituents is 5. The predicted octanol–water partition coefficient (Wildman–Crippen LogP) is 11.7. The molecule has 0 bridgehead atoms. The molecule has 8 aromatic carbocycles. The van der Waals surface area contributed by atoms with Gasteiger partial charge < -0.3 is 25.5 Å². The van der Waals surface area contributed by atoms with Crippen molar-refractivity contribution in [1.29, 1.82) is 0 Å². The molecule has 0 aliphatic heterocycles. The van der Waals surface area contributed by atoms with Crippen molar-refractivity contribution in [3.63, 3.8) is 0 Å². The van der Waals surface area contributed by atoms with Gasteiger partial charge in [-0.25, -0.2) is 0 Å². The number of aromatic hydroxyl groups is 5. The molecular weight excluding hydrogens is 633 g/mol. The highest BCUT2D eigenvalue weighted by Gasteiger charge is 2.28. The molecule has 0 aliphatic rings. The van der Waals surface area contributed by atoms with E-state index in [1.54, 1.807) is 0 Å². The molecule has 0 saturated carbocycles. The number of hydrogen-bond donors (Lipinski definition) is 5. The Labute approximate surface area is 294 Å². The summed E-state index contributed by atoms with van der Waals surface area (Å²) in [5, 5.41) is 58.6. The summed E-state index contributed by atoms with van der Waals surface area (Å²) in [5.41, 5.74) is 9.10. The van der Waals surface area contributed by atoms with Crippen molar-refractivity contribution >= 4 is 38.4 Å². The molecule has 0 atom stereocenters. The highest BCUT2D eigenvalue weighted by Crippen LogP contribution is 2.57. The fraction of sp³-hybridized carbons (Fsp3) is 0.0435. The molecule has 0 saturated heterocycles. The minimum atomic E-state index is -0.992. The van der Waals surface area contributed by atoms with Crippen LogP contribution in [0.4, 0.5) is 0 Å². The van der Waals surface area contributed by atoms with Crippen molar-refractivity contribution in [3.8, 4) is 73.3 Å². The maximum absolute atomic E-state index is 11.1. The van der Waals surface area contributed by atoms with Crippen LogP contribution in [0, 0.1) is 6.92 Å². The first-order chi connectivity index (χ1) is 24.8. The van der Waals surface area contributed by atoms with Crippen molar-refractivity contribution < 1.29 is 25.5 Å². The van der Waals surface area contributed by atoms with Gasteiger partial charge in [0, 0.05) is 5.56 Å². The largest absolute Gasteiger partial charge is 0.504 e. The van der Waals surface area contributed by atoms with Gasteiger partial charge in [-0.1, -0.05) is 133 Å². The van der Waals surface area contributed by atoms with E-state index < -0.39 is 28.7 Å². The third kappa shape index (κ3) is 5.01. The van der Waals surface area contributed by atoms with Gasteiger partial charge in [0.15, 0.2) is 11.5 Å². The Bertz CT molecular complexity index is 2640. The van der Waals surface area contributed by atoms with Crippen LogP contribution in [0.3, 0.4) is 0 Å². The lowest BCUT2D eigenvalue weighted by molar-refractivity contribution is 0.330. The minimum absolute atomic E-state index is 0.173. The van der Waals surface area contributed by atoms with Crippen LogP contribution in [0.15, 0.2) is 133 Å².